The summed E-state index contributed by atoms with van der Waals surface area (Å²) in [5, 5.41) is 6.01. The minimum absolute atomic E-state index is 0.680. The highest BCUT2D eigenvalue weighted by Crippen LogP contribution is 2.50. The van der Waals surface area contributed by atoms with Gasteiger partial charge in [-0.25, -0.2) is 0 Å². The fraction of sp³-hybridized carbons (Fsp3) is 0.429. The van der Waals surface area contributed by atoms with Crippen molar-refractivity contribution in [3.05, 3.63) is 95.1 Å². The van der Waals surface area contributed by atoms with Crippen molar-refractivity contribution < 1.29 is 0 Å². The monoisotopic (exact) mass is 460 g/mol. The van der Waals surface area contributed by atoms with Crippen LogP contribution in [0.4, 0.5) is 0 Å². The minimum atomic E-state index is 0.680. The summed E-state index contributed by atoms with van der Waals surface area (Å²) in [6, 6.07) is 28.0. The van der Waals surface area contributed by atoms with Gasteiger partial charge in [-0.15, -0.1) is 0 Å². The average Bonchev–Trinajstić information content (AvgIpc) is 2.86. The number of hydrogen-bond donors (Lipinski definition) is 0. The average molecular weight is 461 g/mol. The molecule has 0 amide bonds. The summed E-state index contributed by atoms with van der Waals surface area (Å²) in [5.74, 6) is 4.12. The van der Waals surface area contributed by atoms with E-state index in [0.717, 1.165) is 0 Å². The van der Waals surface area contributed by atoms with E-state index in [1.807, 2.05) is 0 Å². The molecule has 4 atom stereocenters. The van der Waals surface area contributed by atoms with E-state index in [2.05, 4.69) is 100 Å². The fourth-order valence-corrected chi connectivity index (χ4v) is 7.64. The first-order valence-corrected chi connectivity index (χ1v) is 14.1. The molecule has 4 aromatic rings. The van der Waals surface area contributed by atoms with Gasteiger partial charge in [-0.1, -0.05) is 107 Å². The molecule has 0 heterocycles. The number of benzene rings is 4. The van der Waals surface area contributed by atoms with Crippen LogP contribution in [0.25, 0.3) is 21.5 Å². The van der Waals surface area contributed by atoms with Gasteiger partial charge in [-0.3, -0.25) is 0 Å². The summed E-state index contributed by atoms with van der Waals surface area (Å²) in [7, 11) is 0. The highest BCUT2D eigenvalue weighted by molar-refractivity contribution is 5.91. The molecule has 0 N–H and O–H groups in total. The largest absolute Gasteiger partial charge is 0.0622 e. The maximum Gasteiger partial charge on any atom is -0.0114 e. The molecule has 2 aliphatic rings. The van der Waals surface area contributed by atoms with Crippen molar-refractivity contribution in [1.29, 1.82) is 0 Å². The molecule has 0 saturated carbocycles. The van der Waals surface area contributed by atoms with Crippen LogP contribution in [0.1, 0.15) is 106 Å². The maximum absolute atomic E-state index is 2.43. The molecule has 0 saturated heterocycles. The third-order valence-electron chi connectivity index (χ3n) is 9.41. The molecule has 6 rings (SSSR count). The van der Waals surface area contributed by atoms with E-state index in [9.17, 15) is 0 Å². The Hall–Kier alpha value is -2.60. The van der Waals surface area contributed by atoms with Gasteiger partial charge >= 0.3 is 0 Å². The van der Waals surface area contributed by atoms with Crippen molar-refractivity contribution in [2.45, 2.75) is 83.5 Å². The van der Waals surface area contributed by atoms with Gasteiger partial charge in [0.15, 0.2) is 0 Å². The molecule has 0 nitrogen and oxygen atoms in total. The van der Waals surface area contributed by atoms with Gasteiger partial charge in [-0.05, 0) is 105 Å². The van der Waals surface area contributed by atoms with Gasteiger partial charge in [0.1, 0.15) is 0 Å². The highest BCUT2D eigenvalue weighted by atomic mass is 14.4. The van der Waals surface area contributed by atoms with Crippen LogP contribution in [0, 0.1) is 11.8 Å². The van der Waals surface area contributed by atoms with Crippen LogP contribution >= 0.6 is 0 Å². The lowest BCUT2D eigenvalue weighted by Gasteiger charge is -2.36. The van der Waals surface area contributed by atoms with Crippen LogP contribution in [0.5, 0.6) is 0 Å². The second-order valence-electron chi connectivity index (χ2n) is 12.1. The van der Waals surface area contributed by atoms with E-state index in [1.54, 1.807) is 33.0 Å². The van der Waals surface area contributed by atoms with Gasteiger partial charge in [0.05, 0.1) is 0 Å². The molecule has 4 aromatic carbocycles. The smallest absolute Gasteiger partial charge is 0.0114 e. The topological polar surface area (TPSA) is 0 Å². The van der Waals surface area contributed by atoms with Gasteiger partial charge < -0.3 is 0 Å². The van der Waals surface area contributed by atoms with Crippen LogP contribution < -0.4 is 0 Å². The van der Waals surface area contributed by atoms with Crippen molar-refractivity contribution in [3.8, 4) is 0 Å². The molecule has 0 heteroatoms. The van der Waals surface area contributed by atoms with Crippen LogP contribution in [-0.2, 0) is 0 Å². The minimum Gasteiger partial charge on any atom is -0.0622 e. The van der Waals surface area contributed by atoms with E-state index in [4.69, 9.17) is 0 Å². The third-order valence-corrected chi connectivity index (χ3v) is 9.41. The predicted molar refractivity (Wildman–Crippen MR) is 152 cm³/mol. The number of hydrogen-bond acceptors (Lipinski definition) is 0. The van der Waals surface area contributed by atoms with Crippen LogP contribution in [0.2, 0.25) is 0 Å². The van der Waals surface area contributed by atoms with E-state index in [0.29, 0.717) is 35.5 Å². The van der Waals surface area contributed by atoms with Crippen molar-refractivity contribution in [2.24, 2.45) is 11.8 Å². The van der Waals surface area contributed by atoms with Gasteiger partial charge in [0, 0.05) is 0 Å². The Kier molecular flexibility index (Phi) is 5.95. The van der Waals surface area contributed by atoms with Gasteiger partial charge in [0.25, 0.3) is 0 Å². The Labute approximate surface area is 211 Å². The molecule has 0 fully saturated rings. The van der Waals surface area contributed by atoms with E-state index >= 15 is 0 Å². The first-order chi connectivity index (χ1) is 17.0. The quantitative estimate of drug-likeness (QED) is 0.268. The summed E-state index contributed by atoms with van der Waals surface area (Å²) in [6.07, 6.45) is 6.58. The first kappa shape index (κ1) is 22.8. The maximum atomic E-state index is 2.43. The Morgan fingerprint density at radius 1 is 0.543 bits per heavy atom. The Morgan fingerprint density at radius 2 is 0.914 bits per heavy atom. The molecule has 0 spiro atoms. The number of rotatable bonds is 6. The van der Waals surface area contributed by atoms with Gasteiger partial charge in [0.2, 0.25) is 0 Å². The van der Waals surface area contributed by atoms with E-state index < -0.39 is 0 Å². The third kappa shape index (κ3) is 3.90. The van der Waals surface area contributed by atoms with Crippen LogP contribution in [0.15, 0.2) is 72.8 Å². The second-order valence-corrected chi connectivity index (χ2v) is 12.1. The molecule has 0 aromatic heterocycles. The lowest BCUT2D eigenvalue weighted by Crippen LogP contribution is -2.19. The van der Waals surface area contributed by atoms with Crippen molar-refractivity contribution in [1.82, 2.24) is 0 Å². The lowest BCUT2D eigenvalue weighted by atomic mass is 9.68. The van der Waals surface area contributed by atoms with Gasteiger partial charge in [-0.2, -0.15) is 0 Å². The van der Waals surface area contributed by atoms with E-state index in [-0.39, 0.29) is 0 Å². The molecule has 0 bridgehead atoms. The zero-order valence-electron chi connectivity index (χ0n) is 21.9. The SMILES string of the molecule is CC(C)C1CC(CCCC2CC(C(C)C)c3cccc4cccc2c34)c2cccc3cccc1c23. The summed E-state index contributed by atoms with van der Waals surface area (Å²) in [5.41, 5.74) is 6.43. The van der Waals surface area contributed by atoms with Crippen LogP contribution in [0.3, 0.4) is 0 Å². The fourth-order valence-electron chi connectivity index (χ4n) is 7.64. The molecular weight excluding hydrogens is 420 g/mol. The standard InChI is InChI=1S/C35H40/c1-22(2)32-20-26(28-16-6-10-24-12-8-18-30(32)34(24)28)14-5-15-27-21-33(23(3)4)31-19-9-13-25-11-7-17-29(27)35(25)31/h6-13,16-19,22-23,26-27,32-33H,5,14-15,20-21H2,1-4H3. The molecule has 180 valence electrons. The highest BCUT2D eigenvalue weighted by Gasteiger charge is 2.32. The Morgan fingerprint density at radius 3 is 1.29 bits per heavy atom. The molecule has 0 aliphatic heterocycles. The summed E-state index contributed by atoms with van der Waals surface area (Å²) < 4.78 is 0. The van der Waals surface area contributed by atoms with Crippen LogP contribution in [-0.4, -0.2) is 0 Å². The van der Waals surface area contributed by atoms with E-state index in [1.165, 1.54) is 42.9 Å². The molecule has 0 radical (unpaired) electrons. The predicted octanol–water partition coefficient (Wildman–Crippen LogP) is 10.3. The van der Waals surface area contributed by atoms with Crippen molar-refractivity contribution in [3.63, 3.8) is 0 Å². The molecule has 35 heavy (non-hydrogen) atoms. The zero-order chi connectivity index (χ0) is 24.1. The zero-order valence-corrected chi connectivity index (χ0v) is 21.9. The van der Waals surface area contributed by atoms with Crippen molar-refractivity contribution in [2.75, 3.05) is 0 Å². The molecule has 4 unspecified atom stereocenters. The normalized spacial score (nSPS) is 23.5. The molecular formula is C35H40. The Balaban J connectivity index is 1.28. The summed E-state index contributed by atoms with van der Waals surface area (Å²) in [4.78, 5) is 0. The second kappa shape index (κ2) is 9.12. The molecule has 2 aliphatic carbocycles. The lowest BCUT2D eigenvalue weighted by molar-refractivity contribution is 0.378. The van der Waals surface area contributed by atoms with Crippen molar-refractivity contribution >= 4 is 21.5 Å². The summed E-state index contributed by atoms with van der Waals surface area (Å²) in [6.45, 7) is 9.67. The first-order valence-electron chi connectivity index (χ1n) is 14.1. The summed E-state index contributed by atoms with van der Waals surface area (Å²) >= 11 is 0. The Bertz CT molecular complexity index is 1240.